The molecule has 2 N–H and O–H groups in total. The van der Waals surface area contributed by atoms with Crippen molar-refractivity contribution < 1.29 is 0 Å². The molecular weight excluding hydrogens is 160 g/mol. The summed E-state index contributed by atoms with van der Waals surface area (Å²) < 4.78 is 0. The van der Waals surface area contributed by atoms with E-state index in [0.717, 1.165) is 5.92 Å². The molecule has 1 heterocycles. The molecule has 2 rings (SSSR count). The summed E-state index contributed by atoms with van der Waals surface area (Å²) in [5.41, 5.74) is 8.35. The van der Waals surface area contributed by atoms with Gasteiger partial charge in [0.05, 0.1) is 0 Å². The monoisotopic (exact) mass is 176 g/mol. The van der Waals surface area contributed by atoms with E-state index in [-0.39, 0.29) is 0 Å². The molecule has 0 aromatic carbocycles. The molecule has 1 aliphatic carbocycles. The summed E-state index contributed by atoms with van der Waals surface area (Å²) in [5.74, 6) is 0.751. The van der Waals surface area contributed by atoms with Gasteiger partial charge in [-0.05, 0) is 36.0 Å². The summed E-state index contributed by atoms with van der Waals surface area (Å²) >= 11 is 0. The first-order chi connectivity index (χ1) is 6.42. The van der Waals surface area contributed by atoms with Gasteiger partial charge in [-0.2, -0.15) is 0 Å². The van der Waals surface area contributed by atoms with E-state index >= 15 is 0 Å². The normalized spacial score (nSPS) is 17.9. The van der Waals surface area contributed by atoms with Crippen molar-refractivity contribution in [2.45, 2.75) is 38.1 Å². The molecule has 1 aromatic heterocycles. The van der Waals surface area contributed by atoms with Crippen LogP contribution in [0.2, 0.25) is 0 Å². The molecule has 0 saturated heterocycles. The van der Waals surface area contributed by atoms with E-state index in [1.165, 1.54) is 36.8 Å². The highest BCUT2D eigenvalue weighted by atomic mass is 14.6. The first kappa shape index (κ1) is 8.70. The van der Waals surface area contributed by atoms with E-state index in [1.54, 1.807) is 0 Å². The van der Waals surface area contributed by atoms with Gasteiger partial charge in [0, 0.05) is 18.9 Å². The summed E-state index contributed by atoms with van der Waals surface area (Å²) in [6.45, 7) is 0.625. The first-order valence-electron chi connectivity index (χ1n) is 5.04. The lowest BCUT2D eigenvalue weighted by Gasteiger charge is -2.12. The van der Waals surface area contributed by atoms with E-state index < -0.39 is 0 Å². The van der Waals surface area contributed by atoms with Crippen LogP contribution >= 0.6 is 0 Å². The highest BCUT2D eigenvalue weighted by Gasteiger charge is 2.18. The van der Waals surface area contributed by atoms with Crippen molar-refractivity contribution in [1.82, 2.24) is 4.98 Å². The van der Waals surface area contributed by atoms with E-state index in [4.69, 9.17) is 5.73 Å². The number of pyridine rings is 1. The van der Waals surface area contributed by atoms with Crippen LogP contribution in [-0.4, -0.2) is 4.98 Å². The minimum absolute atomic E-state index is 0.625. The van der Waals surface area contributed by atoms with Crippen molar-refractivity contribution in [3.63, 3.8) is 0 Å². The largest absolute Gasteiger partial charge is 0.326 e. The third-order valence-corrected chi connectivity index (χ3v) is 2.96. The topological polar surface area (TPSA) is 38.9 Å². The molecule has 0 radical (unpaired) electrons. The first-order valence-corrected chi connectivity index (χ1v) is 5.04. The molecule has 13 heavy (non-hydrogen) atoms. The lowest BCUT2D eigenvalue weighted by atomic mass is 9.94. The van der Waals surface area contributed by atoms with Gasteiger partial charge in [-0.25, -0.2) is 0 Å². The SMILES string of the molecule is NCc1cnccc1C1CCCC1. The second kappa shape index (κ2) is 3.88. The van der Waals surface area contributed by atoms with Gasteiger partial charge in [0.15, 0.2) is 0 Å². The predicted molar refractivity (Wildman–Crippen MR) is 53.3 cm³/mol. The summed E-state index contributed by atoms with van der Waals surface area (Å²) in [6.07, 6.45) is 9.20. The predicted octanol–water partition coefficient (Wildman–Crippen LogP) is 2.20. The Labute approximate surface area is 79.2 Å². The zero-order valence-corrected chi connectivity index (χ0v) is 7.87. The Morgan fingerprint density at radius 1 is 1.38 bits per heavy atom. The van der Waals surface area contributed by atoms with E-state index in [1.807, 2.05) is 12.4 Å². The van der Waals surface area contributed by atoms with Crippen LogP contribution < -0.4 is 5.73 Å². The average Bonchev–Trinajstić information content (AvgIpc) is 2.70. The Morgan fingerprint density at radius 2 is 2.15 bits per heavy atom. The Balaban J connectivity index is 2.26. The molecule has 1 aliphatic rings. The van der Waals surface area contributed by atoms with E-state index in [9.17, 15) is 0 Å². The molecule has 1 aromatic rings. The van der Waals surface area contributed by atoms with Gasteiger partial charge in [-0.1, -0.05) is 12.8 Å². The number of aromatic nitrogens is 1. The maximum absolute atomic E-state index is 5.68. The van der Waals surface area contributed by atoms with Crippen LogP contribution in [0, 0.1) is 0 Å². The van der Waals surface area contributed by atoms with Crippen LogP contribution in [-0.2, 0) is 6.54 Å². The van der Waals surface area contributed by atoms with Gasteiger partial charge in [0.1, 0.15) is 0 Å². The lowest BCUT2D eigenvalue weighted by molar-refractivity contribution is 0.709. The number of nitrogens with zero attached hydrogens (tertiary/aromatic N) is 1. The Morgan fingerprint density at radius 3 is 2.85 bits per heavy atom. The van der Waals surface area contributed by atoms with Crippen molar-refractivity contribution >= 4 is 0 Å². The second-order valence-electron chi connectivity index (χ2n) is 3.76. The maximum Gasteiger partial charge on any atom is 0.0315 e. The second-order valence-corrected chi connectivity index (χ2v) is 3.76. The zero-order valence-electron chi connectivity index (χ0n) is 7.87. The maximum atomic E-state index is 5.68. The van der Waals surface area contributed by atoms with Crippen molar-refractivity contribution in [2.75, 3.05) is 0 Å². The molecule has 1 saturated carbocycles. The fourth-order valence-electron chi connectivity index (χ4n) is 2.24. The molecule has 0 aliphatic heterocycles. The Bertz CT molecular complexity index is 277. The minimum atomic E-state index is 0.625. The van der Waals surface area contributed by atoms with Gasteiger partial charge in [-0.3, -0.25) is 4.98 Å². The van der Waals surface area contributed by atoms with Crippen LogP contribution in [0.5, 0.6) is 0 Å². The van der Waals surface area contributed by atoms with Crippen molar-refractivity contribution in [3.05, 3.63) is 29.6 Å². The van der Waals surface area contributed by atoms with E-state index in [0.29, 0.717) is 6.54 Å². The highest BCUT2D eigenvalue weighted by Crippen LogP contribution is 2.35. The van der Waals surface area contributed by atoms with Crippen LogP contribution in [0.3, 0.4) is 0 Å². The molecule has 0 bridgehead atoms. The quantitative estimate of drug-likeness (QED) is 0.750. The van der Waals surface area contributed by atoms with Crippen molar-refractivity contribution in [2.24, 2.45) is 5.73 Å². The number of hydrogen-bond acceptors (Lipinski definition) is 2. The van der Waals surface area contributed by atoms with Gasteiger partial charge >= 0.3 is 0 Å². The van der Waals surface area contributed by atoms with E-state index in [2.05, 4.69) is 11.1 Å². The fourth-order valence-corrected chi connectivity index (χ4v) is 2.24. The van der Waals surface area contributed by atoms with Crippen molar-refractivity contribution in [3.8, 4) is 0 Å². The van der Waals surface area contributed by atoms with Crippen molar-refractivity contribution in [1.29, 1.82) is 0 Å². The number of nitrogens with two attached hydrogens (primary N) is 1. The van der Waals surface area contributed by atoms with Crippen LogP contribution in [0.25, 0.3) is 0 Å². The van der Waals surface area contributed by atoms with Gasteiger partial charge in [0.25, 0.3) is 0 Å². The van der Waals surface area contributed by atoms with Crippen LogP contribution in [0.15, 0.2) is 18.5 Å². The summed E-state index contributed by atoms with van der Waals surface area (Å²) in [7, 11) is 0. The molecule has 0 unspecified atom stereocenters. The standard InChI is InChI=1S/C11H16N2/c12-7-10-8-13-6-5-11(10)9-3-1-2-4-9/h5-6,8-9H,1-4,7,12H2. The van der Waals surface area contributed by atoms with Gasteiger partial charge < -0.3 is 5.73 Å². The molecular formula is C11H16N2. The Hall–Kier alpha value is -0.890. The molecule has 0 atom stereocenters. The molecule has 0 amide bonds. The molecule has 0 spiro atoms. The van der Waals surface area contributed by atoms with Crippen LogP contribution in [0.4, 0.5) is 0 Å². The smallest absolute Gasteiger partial charge is 0.0315 e. The van der Waals surface area contributed by atoms with Gasteiger partial charge in [-0.15, -0.1) is 0 Å². The average molecular weight is 176 g/mol. The molecule has 2 nitrogen and oxygen atoms in total. The van der Waals surface area contributed by atoms with Gasteiger partial charge in [0.2, 0.25) is 0 Å². The lowest BCUT2D eigenvalue weighted by Crippen LogP contribution is -2.04. The number of rotatable bonds is 2. The molecule has 70 valence electrons. The Kier molecular flexibility index (Phi) is 2.60. The highest BCUT2D eigenvalue weighted by molar-refractivity contribution is 5.27. The zero-order chi connectivity index (χ0) is 9.10. The third-order valence-electron chi connectivity index (χ3n) is 2.96. The summed E-state index contributed by atoms with van der Waals surface area (Å²) in [6, 6.07) is 2.14. The van der Waals surface area contributed by atoms with Crippen LogP contribution in [0.1, 0.15) is 42.7 Å². The fraction of sp³-hybridized carbons (Fsp3) is 0.545. The minimum Gasteiger partial charge on any atom is -0.326 e. The summed E-state index contributed by atoms with van der Waals surface area (Å²) in [4.78, 5) is 4.11. The molecule has 1 fully saturated rings. The third kappa shape index (κ3) is 1.73. The molecule has 2 heteroatoms. The summed E-state index contributed by atoms with van der Waals surface area (Å²) in [5, 5.41) is 0. The number of hydrogen-bond donors (Lipinski definition) is 1.